The zero-order chi connectivity index (χ0) is 47.4. The smallest absolute Gasteiger partial charge is 0.234 e. The van der Waals surface area contributed by atoms with Gasteiger partial charge in [-0.25, -0.2) is 9.97 Å². The number of benzene rings is 2. The summed E-state index contributed by atoms with van der Waals surface area (Å²) in [6, 6.07) is 15.5. The molecule has 3 aromatic rings. The number of allylic oxidation sites excluding steroid dienone is 5. The highest BCUT2D eigenvalue weighted by atomic mass is 16.5. The summed E-state index contributed by atoms with van der Waals surface area (Å²) in [7, 11) is 7.55. The van der Waals surface area contributed by atoms with E-state index < -0.39 is 0 Å². The van der Waals surface area contributed by atoms with Crippen molar-refractivity contribution < 1.29 is 18.6 Å². The number of hydrogen-bond acceptors (Lipinski definition) is 12. The molecule has 2 aliphatic carbocycles. The lowest BCUT2D eigenvalue weighted by molar-refractivity contribution is -0.135. The molecule has 13 heteroatoms. The third-order valence-electron chi connectivity index (χ3n) is 13.4. The third kappa shape index (κ3) is 12.3. The summed E-state index contributed by atoms with van der Waals surface area (Å²) < 4.78 is 5.68. The molecule has 0 radical (unpaired) electrons. The van der Waals surface area contributed by atoms with E-state index in [0.29, 0.717) is 30.7 Å². The lowest BCUT2D eigenvalue weighted by atomic mass is 9.86. The predicted molar refractivity (Wildman–Crippen MR) is 277 cm³/mol. The largest absolute Gasteiger partial charge is 0.481 e. The molecule has 360 valence electrons. The molecule has 4 atom stereocenters. The van der Waals surface area contributed by atoms with E-state index in [9.17, 15) is 9.59 Å². The molecule has 4 unspecified atom stereocenters. The number of piperazine rings is 1. The van der Waals surface area contributed by atoms with Crippen LogP contribution < -0.4 is 31.5 Å². The van der Waals surface area contributed by atoms with Crippen LogP contribution in [0.15, 0.2) is 114 Å². The van der Waals surface area contributed by atoms with Gasteiger partial charge in [-0.15, -0.1) is 0 Å². The van der Waals surface area contributed by atoms with E-state index in [1.807, 2.05) is 51.3 Å². The molecule has 2 saturated heterocycles. The standard InChI is InChI=1S/C46H61N9O3.C7H13N.3H2/c1-8-37(10-9-21-49-46-20-19-33(26-35(46)28-46)39-17-18-41(56)52-43(39)57)54-22-24-55(25-23-54)38-15-13-36(14-16-38)50-45-48-29-34-12-11-32(27-40(34)51-45)30(2)31(3)42(47-4)44(58-7)53(5)6;1-4-6-7(3)8-5-2;;;/h11-16,19-20,26-27,29,35,37,39,47,49H,8-10,17-18,21-25,28H2,1-7H3,(H,48,50,51)(H,52,56,57);4,6,8H,3,5H2,1-2H3;3*1H/b31-30+,44-42-;6-4-;;;. The van der Waals surface area contributed by atoms with Crippen LogP contribution in [0, 0.1) is 11.8 Å². The van der Waals surface area contributed by atoms with Crippen LogP contribution >= 0.6 is 0 Å². The monoisotopic (exact) mass is 905 g/mol. The number of nitrogens with zero attached hydrogens (tertiary/aromatic N) is 5. The van der Waals surface area contributed by atoms with Gasteiger partial charge in [-0.3, -0.25) is 19.8 Å². The molecule has 7 rings (SSSR count). The number of carbonyl (C=O) groups excluding carboxylic acids is 2. The van der Waals surface area contributed by atoms with Gasteiger partial charge in [0.1, 0.15) is 0 Å². The number of aromatic nitrogens is 2. The van der Waals surface area contributed by atoms with Crippen molar-refractivity contribution in [2.45, 2.75) is 84.7 Å². The Morgan fingerprint density at radius 3 is 2.50 bits per heavy atom. The predicted octanol–water partition coefficient (Wildman–Crippen LogP) is 8.77. The summed E-state index contributed by atoms with van der Waals surface area (Å²) in [6.45, 7) is 20.4. The first-order valence-corrected chi connectivity index (χ1v) is 23.8. The fraction of sp³-hybridized carbons (Fsp3) is 0.472. The van der Waals surface area contributed by atoms with Crippen molar-refractivity contribution in [1.29, 1.82) is 0 Å². The molecule has 2 aromatic carbocycles. The zero-order valence-electron chi connectivity index (χ0n) is 40.9. The van der Waals surface area contributed by atoms with Crippen molar-refractivity contribution in [3.8, 4) is 0 Å². The normalized spacial score (nSPS) is 21.7. The molecule has 13 nitrogen and oxygen atoms in total. The van der Waals surface area contributed by atoms with Crippen LogP contribution in [0.1, 0.15) is 83.0 Å². The van der Waals surface area contributed by atoms with Crippen LogP contribution in [0.5, 0.6) is 0 Å². The Labute approximate surface area is 398 Å². The minimum Gasteiger partial charge on any atom is -0.481 e. The van der Waals surface area contributed by atoms with Crippen LogP contribution in [-0.2, 0) is 14.3 Å². The highest BCUT2D eigenvalue weighted by molar-refractivity contribution is 6.00. The molecular weight excluding hydrogens is 825 g/mol. The van der Waals surface area contributed by atoms with Crippen molar-refractivity contribution >= 4 is 45.6 Å². The number of nitrogens with one attached hydrogen (secondary N) is 5. The fourth-order valence-corrected chi connectivity index (χ4v) is 9.45. The Bertz CT molecular complexity index is 2360. The minimum atomic E-state index is -0.195. The summed E-state index contributed by atoms with van der Waals surface area (Å²) >= 11 is 0. The number of fused-ring (bicyclic) bond motifs is 2. The van der Waals surface area contributed by atoms with E-state index in [1.165, 1.54) is 12.1 Å². The van der Waals surface area contributed by atoms with Crippen LogP contribution in [0.4, 0.5) is 17.3 Å². The summed E-state index contributed by atoms with van der Waals surface area (Å²) in [5.41, 5.74) is 9.44. The number of carbonyl (C=O) groups is 2. The van der Waals surface area contributed by atoms with Gasteiger partial charge in [-0.05, 0) is 125 Å². The van der Waals surface area contributed by atoms with E-state index in [1.54, 1.807) is 7.11 Å². The zero-order valence-corrected chi connectivity index (χ0v) is 40.9. The number of hydrogen-bond donors (Lipinski definition) is 5. The summed E-state index contributed by atoms with van der Waals surface area (Å²) in [5, 5.41) is 17.1. The highest BCUT2D eigenvalue weighted by Gasteiger charge is 2.52. The van der Waals surface area contributed by atoms with Crippen molar-refractivity contribution in [3.05, 3.63) is 120 Å². The Balaban J connectivity index is 0.00000105. The van der Waals surface area contributed by atoms with E-state index in [2.05, 4.69) is 136 Å². The number of amides is 2. The molecule has 0 bridgehead atoms. The molecule has 4 aliphatic rings. The van der Waals surface area contributed by atoms with E-state index in [-0.39, 0.29) is 27.6 Å². The molecule has 0 spiro atoms. The molecule has 2 aliphatic heterocycles. The molecule has 3 fully saturated rings. The average Bonchev–Trinajstić information content (AvgIpc) is 4.04. The summed E-state index contributed by atoms with van der Waals surface area (Å²) in [4.78, 5) is 40.6. The second-order valence-corrected chi connectivity index (χ2v) is 18.0. The number of piperidine rings is 1. The highest BCUT2D eigenvalue weighted by Crippen LogP contribution is 2.50. The van der Waals surface area contributed by atoms with E-state index >= 15 is 0 Å². The Morgan fingerprint density at radius 2 is 1.86 bits per heavy atom. The van der Waals surface area contributed by atoms with Gasteiger partial charge >= 0.3 is 0 Å². The van der Waals surface area contributed by atoms with Crippen molar-refractivity contribution in [3.63, 3.8) is 0 Å². The number of methoxy groups -OCH3 is 1. The average molecular weight is 905 g/mol. The number of anilines is 3. The number of ether oxygens (including phenoxy) is 1. The van der Waals surface area contributed by atoms with Crippen LogP contribution in [0.2, 0.25) is 0 Å². The first-order chi connectivity index (χ1) is 31.8. The van der Waals surface area contributed by atoms with E-state index in [0.717, 1.165) is 115 Å². The maximum Gasteiger partial charge on any atom is 0.234 e. The molecule has 3 heterocycles. The third-order valence-corrected chi connectivity index (χ3v) is 13.4. The van der Waals surface area contributed by atoms with Gasteiger partial charge in [0.2, 0.25) is 23.6 Å². The van der Waals surface area contributed by atoms with Crippen molar-refractivity contribution in [2.75, 3.05) is 77.7 Å². The number of rotatable bonds is 19. The lowest BCUT2D eigenvalue weighted by Crippen LogP contribution is -2.50. The SMILES string of the molecule is C=C(/C=C\C)NCC.CCC(CCCNC12C=CC(C3CCC(=O)NC3=O)=CC1C2)N1CCN(c2ccc(Nc3ncc4ccc(/C(C)=C(C)/C(NC)=C(/OC)N(C)C)cc4n3)cc2)CC1.[HH].[HH].[HH]. The maximum atomic E-state index is 12.4. The van der Waals surface area contributed by atoms with Gasteiger partial charge in [0.25, 0.3) is 0 Å². The lowest BCUT2D eigenvalue weighted by Gasteiger charge is -2.40. The second kappa shape index (κ2) is 23.0. The van der Waals surface area contributed by atoms with Crippen LogP contribution in [-0.4, -0.2) is 111 Å². The minimum absolute atomic E-state index is 0. The molecule has 1 aromatic heterocycles. The van der Waals surface area contributed by atoms with Gasteiger partial charge in [0.05, 0.1) is 24.2 Å². The van der Waals surface area contributed by atoms with Gasteiger partial charge in [-0.1, -0.05) is 49.9 Å². The van der Waals surface area contributed by atoms with Crippen LogP contribution in [0.25, 0.3) is 16.5 Å². The van der Waals surface area contributed by atoms with Crippen molar-refractivity contribution in [1.82, 2.24) is 41.0 Å². The molecule has 1 saturated carbocycles. The van der Waals surface area contributed by atoms with Crippen LogP contribution in [0.3, 0.4) is 0 Å². The molecule has 66 heavy (non-hydrogen) atoms. The number of likely N-dealkylation sites (N-methyl/N-ethyl adjacent to an activating group) is 2. The first-order valence-electron chi connectivity index (χ1n) is 23.8. The van der Waals surface area contributed by atoms with Gasteiger partial charge < -0.3 is 35.8 Å². The first kappa shape index (κ1) is 49.5. The Morgan fingerprint density at radius 1 is 1.11 bits per heavy atom. The Hall–Kier alpha value is -5.92. The second-order valence-electron chi connectivity index (χ2n) is 18.0. The topological polar surface area (TPSA) is 139 Å². The van der Waals surface area contributed by atoms with Crippen molar-refractivity contribution in [2.24, 2.45) is 11.8 Å². The Kier molecular flexibility index (Phi) is 17.3. The quantitative estimate of drug-likeness (QED) is 0.0340. The van der Waals surface area contributed by atoms with Gasteiger partial charge in [-0.2, -0.15) is 0 Å². The maximum absolute atomic E-state index is 12.4. The molecule has 2 amide bonds. The van der Waals surface area contributed by atoms with E-state index in [4.69, 9.17) is 9.72 Å². The molecule has 5 N–H and O–H groups in total. The number of imide groups is 1. The van der Waals surface area contributed by atoms with Gasteiger partial charge in [0, 0.05) is 111 Å². The molecular formula is C53H80N10O3. The summed E-state index contributed by atoms with van der Waals surface area (Å²) in [6.07, 6.45) is 18.0. The fourth-order valence-electron chi connectivity index (χ4n) is 9.45. The van der Waals surface area contributed by atoms with Gasteiger partial charge in [0.15, 0.2) is 0 Å². The summed E-state index contributed by atoms with van der Waals surface area (Å²) in [5.74, 6) is 1.28.